The van der Waals surface area contributed by atoms with E-state index in [1.54, 1.807) is 14.2 Å². The molecule has 1 saturated heterocycles. The topological polar surface area (TPSA) is 38.8 Å². The smallest absolute Gasteiger partial charge is 0.240 e. The van der Waals surface area contributed by atoms with Crippen molar-refractivity contribution >= 4 is 5.91 Å². The molecule has 1 aliphatic heterocycles. The molecule has 0 radical (unpaired) electrons. The molecule has 1 fully saturated rings. The second-order valence-corrected chi connectivity index (χ2v) is 6.04. The summed E-state index contributed by atoms with van der Waals surface area (Å²) in [5.74, 6) is 0.959. The monoisotopic (exact) mass is 293 g/mol. The second kappa shape index (κ2) is 6.65. The Hall–Kier alpha value is -1.29. The van der Waals surface area contributed by atoms with Crippen molar-refractivity contribution < 1.29 is 14.3 Å². The molecule has 118 valence electrons. The lowest BCUT2D eigenvalue weighted by molar-refractivity contribution is -0.141. The van der Waals surface area contributed by atoms with Crippen molar-refractivity contribution in [2.75, 3.05) is 27.4 Å². The van der Waals surface area contributed by atoms with E-state index in [9.17, 15) is 4.79 Å². The highest BCUT2D eigenvalue weighted by Crippen LogP contribution is 2.42. The zero-order chi connectivity index (χ0) is 15.5. The quantitative estimate of drug-likeness (QED) is 0.732. The van der Waals surface area contributed by atoms with Gasteiger partial charge >= 0.3 is 0 Å². The number of hydrogen-bond acceptors (Lipinski definition) is 3. The number of rotatable bonds is 5. The van der Waals surface area contributed by atoms with Crippen molar-refractivity contribution in [3.8, 4) is 0 Å². The van der Waals surface area contributed by atoms with E-state index < -0.39 is 5.41 Å². The van der Waals surface area contributed by atoms with Gasteiger partial charge in [-0.2, -0.15) is 0 Å². The van der Waals surface area contributed by atoms with Crippen molar-refractivity contribution in [2.45, 2.75) is 45.6 Å². The van der Waals surface area contributed by atoms with Gasteiger partial charge in [0.1, 0.15) is 11.2 Å². The summed E-state index contributed by atoms with van der Waals surface area (Å²) in [5, 5.41) is 0. The summed E-state index contributed by atoms with van der Waals surface area (Å²) in [5.41, 5.74) is 0.599. The van der Waals surface area contributed by atoms with Crippen LogP contribution in [-0.4, -0.2) is 44.2 Å². The molecule has 1 amide bonds. The number of allylic oxidation sites excluding steroid dienone is 2. The lowest BCUT2D eigenvalue weighted by atomic mass is 9.76. The Bertz CT molecular complexity index is 455. The number of hydrogen-bond donors (Lipinski definition) is 0. The summed E-state index contributed by atoms with van der Waals surface area (Å²) >= 11 is 0. The third kappa shape index (κ3) is 2.86. The molecule has 2 rings (SSSR count). The van der Waals surface area contributed by atoms with Crippen LogP contribution in [0.2, 0.25) is 0 Å². The molecule has 4 nitrogen and oxygen atoms in total. The molecule has 0 aromatic heterocycles. The highest BCUT2D eigenvalue weighted by atomic mass is 16.5. The molecule has 21 heavy (non-hydrogen) atoms. The normalized spacial score (nSPS) is 29.1. The minimum Gasteiger partial charge on any atom is -0.500 e. The van der Waals surface area contributed by atoms with Gasteiger partial charge in [0.2, 0.25) is 5.91 Å². The summed E-state index contributed by atoms with van der Waals surface area (Å²) in [6.45, 7) is 5.57. The maximum absolute atomic E-state index is 13.3. The van der Waals surface area contributed by atoms with Crippen molar-refractivity contribution in [3.05, 3.63) is 23.5 Å². The average molecular weight is 293 g/mol. The lowest BCUT2D eigenvalue weighted by Crippen LogP contribution is -2.48. The van der Waals surface area contributed by atoms with Gasteiger partial charge in [0, 0.05) is 13.7 Å². The molecule has 1 aliphatic carbocycles. The molecule has 0 N–H and O–H groups in total. The van der Waals surface area contributed by atoms with Gasteiger partial charge in [-0.1, -0.05) is 18.6 Å². The van der Waals surface area contributed by atoms with E-state index in [1.807, 2.05) is 4.90 Å². The van der Waals surface area contributed by atoms with E-state index >= 15 is 0 Å². The Balaban J connectivity index is 2.32. The van der Waals surface area contributed by atoms with Gasteiger partial charge in [-0.25, -0.2) is 0 Å². The Morgan fingerprint density at radius 3 is 2.86 bits per heavy atom. The molecule has 4 heteroatoms. The first-order valence-corrected chi connectivity index (χ1v) is 7.82. The van der Waals surface area contributed by atoms with Gasteiger partial charge in [0.15, 0.2) is 0 Å². The predicted octanol–water partition coefficient (Wildman–Crippen LogP) is 2.90. The molecule has 0 spiro atoms. The third-order valence-corrected chi connectivity index (χ3v) is 4.70. The van der Waals surface area contributed by atoms with Crippen LogP contribution < -0.4 is 0 Å². The number of carbonyl (C=O) groups excluding carboxylic acids is 1. The molecule has 1 heterocycles. The van der Waals surface area contributed by atoms with Gasteiger partial charge in [-0.3, -0.25) is 4.79 Å². The maximum Gasteiger partial charge on any atom is 0.240 e. The van der Waals surface area contributed by atoms with Crippen molar-refractivity contribution in [3.63, 3.8) is 0 Å². The van der Waals surface area contributed by atoms with E-state index in [1.165, 1.54) is 5.57 Å². The summed E-state index contributed by atoms with van der Waals surface area (Å²) in [6.07, 6.45) is 7.82. The van der Waals surface area contributed by atoms with Crippen LogP contribution >= 0.6 is 0 Å². The number of likely N-dealkylation sites (tertiary alicyclic amines) is 1. The van der Waals surface area contributed by atoms with Gasteiger partial charge in [-0.05, 0) is 38.7 Å². The van der Waals surface area contributed by atoms with Crippen LogP contribution in [0, 0.1) is 5.41 Å². The van der Waals surface area contributed by atoms with Crippen LogP contribution in [0.3, 0.4) is 0 Å². The average Bonchev–Trinajstić information content (AvgIpc) is 2.94. The number of amides is 1. The summed E-state index contributed by atoms with van der Waals surface area (Å²) in [4.78, 5) is 15.3. The summed E-state index contributed by atoms with van der Waals surface area (Å²) in [6, 6.07) is 0.194. The molecule has 0 aromatic rings. The van der Waals surface area contributed by atoms with E-state index in [0.29, 0.717) is 6.61 Å². The predicted molar refractivity (Wildman–Crippen MR) is 82.8 cm³/mol. The van der Waals surface area contributed by atoms with Crippen LogP contribution in [0.4, 0.5) is 0 Å². The lowest BCUT2D eigenvalue weighted by Gasteiger charge is -2.38. The van der Waals surface area contributed by atoms with E-state index in [-0.39, 0.29) is 11.9 Å². The zero-order valence-electron chi connectivity index (χ0n) is 13.6. The van der Waals surface area contributed by atoms with Gasteiger partial charge in [0.25, 0.3) is 0 Å². The first-order chi connectivity index (χ1) is 10.1. The first-order valence-electron chi connectivity index (χ1n) is 7.82. The Labute approximate surface area is 127 Å². The van der Waals surface area contributed by atoms with Crippen LogP contribution in [0.25, 0.3) is 0 Å². The standard InChI is InChI=1S/C17H27NO3/c1-5-17(11-13(2)8-9-15(17)21-4)16(19)18-10-6-7-14(18)12-20-3/h9,11,14H,5-8,10,12H2,1-4H3/t14-,17?/m0/s1. The van der Waals surface area contributed by atoms with Crippen LogP contribution in [0.15, 0.2) is 23.5 Å². The van der Waals surface area contributed by atoms with E-state index in [4.69, 9.17) is 9.47 Å². The van der Waals surface area contributed by atoms with Crippen molar-refractivity contribution in [1.82, 2.24) is 4.90 Å². The van der Waals surface area contributed by atoms with Crippen molar-refractivity contribution in [1.29, 1.82) is 0 Å². The number of methoxy groups -OCH3 is 2. The molecule has 0 aromatic carbocycles. The highest BCUT2D eigenvalue weighted by molar-refractivity contribution is 5.88. The largest absolute Gasteiger partial charge is 0.500 e. The minimum atomic E-state index is -0.632. The molecular formula is C17H27NO3. The molecule has 1 unspecified atom stereocenters. The second-order valence-electron chi connectivity index (χ2n) is 6.04. The summed E-state index contributed by atoms with van der Waals surface area (Å²) in [7, 11) is 3.36. The first kappa shape index (κ1) is 16.1. The zero-order valence-corrected chi connectivity index (χ0v) is 13.6. The third-order valence-electron chi connectivity index (χ3n) is 4.70. The van der Waals surface area contributed by atoms with Crippen LogP contribution in [0.5, 0.6) is 0 Å². The Kier molecular flexibility index (Phi) is 5.09. The highest BCUT2D eigenvalue weighted by Gasteiger charge is 2.46. The van der Waals surface area contributed by atoms with Crippen LogP contribution in [0.1, 0.15) is 39.5 Å². The molecular weight excluding hydrogens is 266 g/mol. The van der Waals surface area contributed by atoms with E-state index in [0.717, 1.165) is 38.0 Å². The fourth-order valence-electron chi connectivity index (χ4n) is 3.57. The fraction of sp³-hybridized carbons (Fsp3) is 0.706. The maximum atomic E-state index is 13.3. The Morgan fingerprint density at radius 1 is 1.48 bits per heavy atom. The van der Waals surface area contributed by atoms with Crippen LogP contribution in [-0.2, 0) is 14.3 Å². The van der Waals surface area contributed by atoms with Gasteiger partial charge < -0.3 is 14.4 Å². The van der Waals surface area contributed by atoms with Crippen molar-refractivity contribution in [2.24, 2.45) is 5.41 Å². The van der Waals surface area contributed by atoms with E-state index in [2.05, 4.69) is 26.0 Å². The number of ether oxygens (including phenoxy) is 2. The molecule has 0 saturated carbocycles. The van der Waals surface area contributed by atoms with Gasteiger partial charge in [-0.15, -0.1) is 0 Å². The summed E-state index contributed by atoms with van der Waals surface area (Å²) < 4.78 is 10.8. The number of nitrogens with zero attached hydrogens (tertiary/aromatic N) is 1. The minimum absolute atomic E-state index is 0.164. The molecule has 2 atom stereocenters. The molecule has 2 aliphatic rings. The SMILES string of the molecule is CCC1(C(=O)N2CCC[C@H]2COC)C=C(C)CC=C1OC. The number of carbonyl (C=O) groups is 1. The fourth-order valence-corrected chi connectivity index (χ4v) is 3.57. The van der Waals surface area contributed by atoms with Gasteiger partial charge in [0.05, 0.1) is 19.8 Å². The molecule has 0 bridgehead atoms. The Morgan fingerprint density at radius 2 is 2.24 bits per heavy atom.